The molecule has 0 aromatic heterocycles. The van der Waals surface area contributed by atoms with E-state index in [1.54, 1.807) is 18.2 Å². The molecular weight excluding hydrogens is 369 g/mol. The van der Waals surface area contributed by atoms with Gasteiger partial charge in [0.25, 0.3) is 5.91 Å². The predicted octanol–water partition coefficient (Wildman–Crippen LogP) is 4.85. The fourth-order valence-electron chi connectivity index (χ4n) is 3.07. The number of rotatable bonds is 4. The van der Waals surface area contributed by atoms with Gasteiger partial charge in [0.05, 0.1) is 17.2 Å². The summed E-state index contributed by atoms with van der Waals surface area (Å²) in [5, 5.41) is 0. The van der Waals surface area contributed by atoms with Crippen molar-refractivity contribution >= 4 is 23.7 Å². The number of carbonyl (C=O) groups is 2. The third-order valence-electron chi connectivity index (χ3n) is 4.75. The minimum atomic E-state index is -4.70. The maximum atomic E-state index is 13.5. The van der Waals surface area contributed by atoms with E-state index in [0.717, 1.165) is 18.6 Å². The van der Waals surface area contributed by atoms with Crippen molar-refractivity contribution in [2.75, 3.05) is 4.90 Å². The summed E-state index contributed by atoms with van der Waals surface area (Å²) < 4.78 is 40.4. The highest BCUT2D eigenvalue weighted by atomic mass is 19.4. The molecule has 0 fully saturated rings. The molecule has 0 spiro atoms. The van der Waals surface area contributed by atoms with Gasteiger partial charge in [0.15, 0.2) is 0 Å². The quantitative estimate of drug-likeness (QED) is 0.556. The summed E-state index contributed by atoms with van der Waals surface area (Å²) >= 11 is 0. The molecule has 2 amide bonds. The Morgan fingerprint density at radius 1 is 1.11 bits per heavy atom. The lowest BCUT2D eigenvalue weighted by Gasteiger charge is -2.32. The van der Waals surface area contributed by atoms with Crippen molar-refractivity contribution < 1.29 is 22.8 Å². The number of para-hydroxylation sites is 1. The summed E-state index contributed by atoms with van der Waals surface area (Å²) in [4.78, 5) is 31.0. The molecule has 2 atom stereocenters. The first kappa shape index (κ1) is 19.8. The smallest absolute Gasteiger partial charge is 0.293 e. The van der Waals surface area contributed by atoms with Crippen molar-refractivity contribution in [1.82, 2.24) is 0 Å². The van der Waals surface area contributed by atoms with Crippen LogP contribution in [0.4, 0.5) is 18.9 Å². The Labute approximate surface area is 160 Å². The van der Waals surface area contributed by atoms with Gasteiger partial charge in [-0.05, 0) is 37.1 Å². The molecule has 28 heavy (non-hydrogen) atoms. The van der Waals surface area contributed by atoms with Crippen molar-refractivity contribution in [3.05, 3.63) is 65.2 Å². The van der Waals surface area contributed by atoms with Gasteiger partial charge in [-0.2, -0.15) is 13.2 Å². The average Bonchev–Trinajstić information content (AvgIpc) is 2.67. The van der Waals surface area contributed by atoms with E-state index in [1.165, 1.54) is 24.4 Å². The number of fused-ring (bicyclic) bond motifs is 1. The molecule has 0 radical (unpaired) electrons. The number of alkyl halides is 3. The normalized spacial score (nSPS) is 18.5. The molecule has 0 N–H and O–H groups in total. The van der Waals surface area contributed by atoms with Crippen LogP contribution >= 0.6 is 0 Å². The van der Waals surface area contributed by atoms with Gasteiger partial charge in [0.1, 0.15) is 0 Å². The van der Waals surface area contributed by atoms with E-state index in [2.05, 4.69) is 4.99 Å². The van der Waals surface area contributed by atoms with Crippen LogP contribution in [0.3, 0.4) is 0 Å². The van der Waals surface area contributed by atoms with Crippen LogP contribution in [0.15, 0.2) is 53.5 Å². The monoisotopic (exact) mass is 388 g/mol. The molecule has 1 aliphatic rings. The molecular formula is C21H19F3N2O2. The molecule has 1 unspecified atom stereocenters. The van der Waals surface area contributed by atoms with Crippen LogP contribution in [0.2, 0.25) is 0 Å². The highest BCUT2D eigenvalue weighted by Crippen LogP contribution is 2.40. The van der Waals surface area contributed by atoms with Gasteiger partial charge in [-0.3, -0.25) is 14.6 Å². The Bertz CT molecular complexity index is 937. The van der Waals surface area contributed by atoms with Gasteiger partial charge in [-0.15, -0.1) is 0 Å². The van der Waals surface area contributed by atoms with E-state index in [0.29, 0.717) is 10.5 Å². The molecule has 2 aromatic rings. The van der Waals surface area contributed by atoms with E-state index in [9.17, 15) is 22.8 Å². The molecule has 7 heteroatoms. The lowest BCUT2D eigenvalue weighted by molar-refractivity contribution is -0.137. The highest BCUT2D eigenvalue weighted by molar-refractivity contribution is 6.29. The summed E-state index contributed by atoms with van der Waals surface area (Å²) in [5.74, 6) is -2.44. The van der Waals surface area contributed by atoms with Crippen molar-refractivity contribution in [3.63, 3.8) is 0 Å². The van der Waals surface area contributed by atoms with E-state index >= 15 is 0 Å². The molecule has 1 heterocycles. The fraction of sp³-hybridized carbons (Fsp3) is 0.286. The fourth-order valence-corrected chi connectivity index (χ4v) is 3.07. The van der Waals surface area contributed by atoms with Crippen molar-refractivity contribution in [3.8, 4) is 0 Å². The topological polar surface area (TPSA) is 49.7 Å². The first-order chi connectivity index (χ1) is 13.3. The molecule has 0 bridgehead atoms. The molecule has 146 valence electrons. The van der Waals surface area contributed by atoms with Gasteiger partial charge in [-0.1, -0.05) is 37.3 Å². The summed E-state index contributed by atoms with van der Waals surface area (Å²) in [6.45, 7) is 3.81. The van der Waals surface area contributed by atoms with E-state index < -0.39 is 35.2 Å². The SMILES string of the molecule is CC[C@H](C)N=CC1C(=O)N(c2ccccc2C(F)(F)F)C(=O)c2ccccc21. The number of carbonyl (C=O) groups excluding carboxylic acids is 2. The zero-order chi connectivity index (χ0) is 20.5. The molecule has 3 rings (SSSR count). The largest absolute Gasteiger partial charge is 0.418 e. The number of hydrogen-bond acceptors (Lipinski definition) is 3. The number of imide groups is 1. The van der Waals surface area contributed by atoms with Gasteiger partial charge >= 0.3 is 6.18 Å². The van der Waals surface area contributed by atoms with Crippen LogP contribution in [0.1, 0.15) is 47.7 Å². The Morgan fingerprint density at radius 3 is 2.43 bits per heavy atom. The Morgan fingerprint density at radius 2 is 1.75 bits per heavy atom. The lowest BCUT2D eigenvalue weighted by atomic mass is 9.88. The number of anilines is 1. The molecule has 1 aliphatic heterocycles. The van der Waals surface area contributed by atoms with Crippen LogP contribution in [0, 0.1) is 0 Å². The summed E-state index contributed by atoms with van der Waals surface area (Å²) in [7, 11) is 0. The van der Waals surface area contributed by atoms with Crippen LogP contribution < -0.4 is 4.90 Å². The number of aliphatic imine (C=N–C) groups is 1. The zero-order valence-electron chi connectivity index (χ0n) is 15.4. The number of amides is 2. The Hall–Kier alpha value is -2.96. The second kappa shape index (κ2) is 7.58. The second-order valence-electron chi connectivity index (χ2n) is 6.61. The van der Waals surface area contributed by atoms with Gasteiger partial charge < -0.3 is 0 Å². The Kier molecular flexibility index (Phi) is 5.36. The summed E-state index contributed by atoms with van der Waals surface area (Å²) in [5.41, 5.74) is -0.861. The van der Waals surface area contributed by atoms with Crippen molar-refractivity contribution in [2.45, 2.75) is 38.4 Å². The van der Waals surface area contributed by atoms with E-state index in [1.807, 2.05) is 13.8 Å². The van der Waals surface area contributed by atoms with Crippen LogP contribution in [0.25, 0.3) is 0 Å². The number of halogens is 3. The number of benzene rings is 2. The lowest BCUT2D eigenvalue weighted by Crippen LogP contribution is -2.46. The predicted molar refractivity (Wildman–Crippen MR) is 101 cm³/mol. The van der Waals surface area contributed by atoms with Gasteiger partial charge in [0, 0.05) is 17.8 Å². The Balaban J connectivity index is 2.16. The van der Waals surface area contributed by atoms with Crippen LogP contribution in [-0.4, -0.2) is 24.1 Å². The minimum Gasteiger partial charge on any atom is -0.293 e. The first-order valence-electron chi connectivity index (χ1n) is 8.92. The standard InChI is InChI=1S/C21H19F3N2O2/c1-3-13(2)25-12-16-14-8-4-5-9-15(14)19(27)26(20(16)28)18-11-7-6-10-17(18)21(22,23)24/h4-13,16H,3H2,1-2H3/t13-,16?/m0/s1. The molecule has 4 nitrogen and oxygen atoms in total. The van der Waals surface area contributed by atoms with Crippen molar-refractivity contribution in [2.24, 2.45) is 4.99 Å². The maximum absolute atomic E-state index is 13.5. The maximum Gasteiger partial charge on any atom is 0.418 e. The minimum absolute atomic E-state index is 0.0477. The van der Waals surface area contributed by atoms with Crippen LogP contribution in [-0.2, 0) is 11.0 Å². The first-order valence-corrected chi connectivity index (χ1v) is 8.92. The number of nitrogens with zero attached hydrogens (tertiary/aromatic N) is 2. The molecule has 2 aromatic carbocycles. The van der Waals surface area contributed by atoms with E-state index in [-0.39, 0.29) is 11.6 Å². The zero-order valence-corrected chi connectivity index (χ0v) is 15.4. The molecule has 0 saturated carbocycles. The van der Waals surface area contributed by atoms with E-state index in [4.69, 9.17) is 0 Å². The highest BCUT2D eigenvalue weighted by Gasteiger charge is 2.43. The molecule has 0 saturated heterocycles. The van der Waals surface area contributed by atoms with Gasteiger partial charge in [-0.25, -0.2) is 4.90 Å². The summed E-state index contributed by atoms with van der Waals surface area (Å²) in [6.07, 6.45) is -2.52. The molecule has 0 aliphatic carbocycles. The third kappa shape index (κ3) is 3.56. The third-order valence-corrected chi connectivity index (χ3v) is 4.75. The average molecular weight is 388 g/mol. The summed E-state index contributed by atoms with van der Waals surface area (Å²) in [6, 6.07) is 11.0. The van der Waals surface area contributed by atoms with Crippen LogP contribution in [0.5, 0.6) is 0 Å². The number of hydrogen-bond donors (Lipinski definition) is 0. The second-order valence-corrected chi connectivity index (χ2v) is 6.61. The van der Waals surface area contributed by atoms with Crippen molar-refractivity contribution in [1.29, 1.82) is 0 Å². The van der Waals surface area contributed by atoms with Gasteiger partial charge in [0.2, 0.25) is 5.91 Å².